The maximum atomic E-state index is 13.4. The molecule has 1 aromatic heterocycles. The number of hydrogen-bond donors (Lipinski definition) is 0. The Labute approximate surface area is 154 Å². The van der Waals surface area contributed by atoms with Gasteiger partial charge in [-0.15, -0.1) is 11.8 Å². The van der Waals surface area contributed by atoms with Crippen molar-refractivity contribution in [2.45, 2.75) is 43.1 Å². The maximum Gasteiger partial charge on any atom is 0.417 e. The molecular formula is C19H16F3N3S. The quantitative estimate of drug-likeness (QED) is 0.671. The molecule has 3 nitrogen and oxygen atoms in total. The third-order valence-electron chi connectivity index (χ3n) is 3.63. The number of hydrogen-bond acceptors (Lipinski definition) is 4. The van der Waals surface area contributed by atoms with E-state index in [-0.39, 0.29) is 10.7 Å². The Morgan fingerprint density at radius 3 is 2.12 bits per heavy atom. The highest BCUT2D eigenvalue weighted by Gasteiger charge is 2.37. The first-order chi connectivity index (χ1) is 12.1. The summed E-state index contributed by atoms with van der Waals surface area (Å²) in [5.74, 6) is 0.346. The first-order valence-electron chi connectivity index (χ1n) is 7.71. The van der Waals surface area contributed by atoms with Crippen LogP contribution >= 0.6 is 11.8 Å². The molecule has 0 N–H and O–H groups in total. The molecule has 26 heavy (non-hydrogen) atoms. The predicted molar refractivity (Wildman–Crippen MR) is 93.4 cm³/mol. The molecular weight excluding hydrogens is 359 g/mol. The number of benzene rings is 1. The molecule has 0 aliphatic heterocycles. The topological polar surface area (TPSA) is 60.5 Å². The summed E-state index contributed by atoms with van der Waals surface area (Å²) in [7, 11) is 0. The minimum absolute atomic E-state index is 0.0663. The molecule has 0 fully saturated rings. The fourth-order valence-electron chi connectivity index (χ4n) is 2.17. The van der Waals surface area contributed by atoms with Gasteiger partial charge in [0.2, 0.25) is 0 Å². The number of halogens is 3. The highest BCUT2D eigenvalue weighted by atomic mass is 32.2. The van der Waals surface area contributed by atoms with E-state index < -0.39 is 22.7 Å². The Hall–Kier alpha value is -2.51. The molecule has 1 heterocycles. The summed E-state index contributed by atoms with van der Waals surface area (Å²) < 4.78 is 40.2. The summed E-state index contributed by atoms with van der Waals surface area (Å²) in [6.07, 6.45) is -4.63. The van der Waals surface area contributed by atoms with Crippen LogP contribution in [0.25, 0.3) is 0 Å². The molecule has 7 heteroatoms. The lowest BCUT2D eigenvalue weighted by Gasteiger charge is -2.21. The Balaban J connectivity index is 2.45. The SMILES string of the molecule is CC(C)(C)c1cc(C(F)(F)F)c(C#N)c(SCc2ccc(C#N)cc2)n1. The van der Waals surface area contributed by atoms with Gasteiger partial charge in [-0.05, 0) is 23.8 Å². The van der Waals surface area contributed by atoms with Crippen molar-refractivity contribution < 1.29 is 13.2 Å². The molecule has 0 saturated carbocycles. The fraction of sp³-hybridized carbons (Fsp3) is 0.316. The van der Waals surface area contributed by atoms with E-state index in [4.69, 9.17) is 5.26 Å². The molecule has 1 aromatic carbocycles. The second-order valence-electron chi connectivity index (χ2n) is 6.69. The van der Waals surface area contributed by atoms with Crippen LogP contribution < -0.4 is 0 Å². The van der Waals surface area contributed by atoms with E-state index in [1.165, 1.54) is 0 Å². The van der Waals surface area contributed by atoms with E-state index in [2.05, 4.69) is 4.98 Å². The zero-order valence-corrected chi connectivity index (χ0v) is 15.3. The van der Waals surface area contributed by atoms with Crippen molar-refractivity contribution in [1.82, 2.24) is 4.98 Å². The van der Waals surface area contributed by atoms with Crippen LogP contribution in [0.15, 0.2) is 35.4 Å². The molecule has 0 bridgehead atoms. The Kier molecular flexibility index (Phi) is 5.63. The largest absolute Gasteiger partial charge is 0.417 e. The molecule has 0 aliphatic rings. The van der Waals surface area contributed by atoms with E-state index in [0.717, 1.165) is 23.4 Å². The van der Waals surface area contributed by atoms with Crippen LogP contribution in [-0.4, -0.2) is 4.98 Å². The van der Waals surface area contributed by atoms with E-state index in [1.54, 1.807) is 51.1 Å². The molecule has 0 aliphatic carbocycles. The van der Waals surface area contributed by atoms with Gasteiger partial charge < -0.3 is 0 Å². The van der Waals surface area contributed by atoms with Crippen LogP contribution in [-0.2, 0) is 17.3 Å². The first-order valence-corrected chi connectivity index (χ1v) is 8.69. The number of aromatic nitrogens is 1. The van der Waals surface area contributed by atoms with Gasteiger partial charge in [0.05, 0.1) is 22.8 Å². The number of rotatable bonds is 3. The zero-order chi connectivity index (χ0) is 19.5. The number of alkyl halides is 3. The third-order valence-corrected chi connectivity index (χ3v) is 4.68. The van der Waals surface area contributed by atoms with Crippen LogP contribution in [0.2, 0.25) is 0 Å². The Bertz CT molecular complexity index is 883. The van der Waals surface area contributed by atoms with Crippen LogP contribution in [0, 0.1) is 22.7 Å². The number of nitrogens with zero attached hydrogens (tertiary/aromatic N) is 3. The average Bonchev–Trinajstić information content (AvgIpc) is 2.57. The highest BCUT2D eigenvalue weighted by molar-refractivity contribution is 7.98. The van der Waals surface area contributed by atoms with Crippen molar-refractivity contribution in [2.24, 2.45) is 0 Å². The molecule has 0 unspecified atom stereocenters. The lowest BCUT2D eigenvalue weighted by molar-refractivity contribution is -0.138. The van der Waals surface area contributed by atoms with E-state index >= 15 is 0 Å². The molecule has 2 aromatic rings. The summed E-state index contributed by atoms with van der Waals surface area (Å²) in [6, 6.07) is 11.4. The fourth-order valence-corrected chi connectivity index (χ4v) is 3.13. The van der Waals surface area contributed by atoms with Gasteiger partial charge in [-0.3, -0.25) is 0 Å². The zero-order valence-electron chi connectivity index (χ0n) is 14.5. The summed E-state index contributed by atoms with van der Waals surface area (Å²) in [6.45, 7) is 5.32. The monoisotopic (exact) mass is 375 g/mol. The maximum absolute atomic E-state index is 13.4. The van der Waals surface area contributed by atoms with Crippen LogP contribution in [0.1, 0.15) is 48.7 Å². The van der Waals surface area contributed by atoms with E-state index in [1.807, 2.05) is 6.07 Å². The van der Waals surface area contributed by atoms with Gasteiger partial charge in [-0.2, -0.15) is 23.7 Å². The van der Waals surface area contributed by atoms with Crippen molar-refractivity contribution >= 4 is 11.8 Å². The molecule has 134 valence electrons. The molecule has 0 radical (unpaired) electrons. The summed E-state index contributed by atoms with van der Waals surface area (Å²) in [4.78, 5) is 4.33. The third kappa shape index (κ3) is 4.56. The summed E-state index contributed by atoms with van der Waals surface area (Å²) in [5.41, 5.74) is -0.381. The van der Waals surface area contributed by atoms with E-state index in [0.29, 0.717) is 11.3 Å². The normalized spacial score (nSPS) is 11.7. The lowest BCUT2D eigenvalue weighted by atomic mass is 9.90. The summed E-state index contributed by atoms with van der Waals surface area (Å²) >= 11 is 1.08. The van der Waals surface area contributed by atoms with Crippen molar-refractivity contribution in [3.63, 3.8) is 0 Å². The summed E-state index contributed by atoms with van der Waals surface area (Å²) in [5, 5.41) is 18.2. The van der Waals surface area contributed by atoms with E-state index in [9.17, 15) is 18.4 Å². The average molecular weight is 375 g/mol. The van der Waals surface area contributed by atoms with Crippen molar-refractivity contribution in [3.05, 3.63) is 58.3 Å². The minimum Gasteiger partial charge on any atom is -0.245 e. The van der Waals surface area contributed by atoms with Gasteiger partial charge >= 0.3 is 6.18 Å². The molecule has 0 spiro atoms. The van der Waals surface area contributed by atoms with Crippen LogP contribution in [0.3, 0.4) is 0 Å². The molecule has 0 amide bonds. The van der Waals surface area contributed by atoms with Gasteiger partial charge in [-0.25, -0.2) is 4.98 Å². The standard InChI is InChI=1S/C19H16F3N3S/c1-18(2,3)16-8-15(19(20,21)22)14(10-24)17(25-16)26-11-13-6-4-12(9-23)5-7-13/h4-8H,11H2,1-3H3. The van der Waals surface area contributed by atoms with Gasteiger partial charge in [0.1, 0.15) is 11.1 Å². The van der Waals surface area contributed by atoms with Gasteiger partial charge in [0, 0.05) is 16.9 Å². The Morgan fingerprint density at radius 2 is 1.65 bits per heavy atom. The second-order valence-corrected chi connectivity index (χ2v) is 7.66. The highest BCUT2D eigenvalue weighted by Crippen LogP contribution is 2.38. The number of nitriles is 2. The number of pyridine rings is 1. The predicted octanol–water partition coefficient (Wildman–Crippen LogP) is 5.43. The number of thioether (sulfide) groups is 1. The van der Waals surface area contributed by atoms with Crippen molar-refractivity contribution in [3.8, 4) is 12.1 Å². The van der Waals surface area contributed by atoms with Gasteiger partial charge in [0.25, 0.3) is 0 Å². The smallest absolute Gasteiger partial charge is 0.245 e. The van der Waals surface area contributed by atoms with Crippen molar-refractivity contribution in [2.75, 3.05) is 0 Å². The van der Waals surface area contributed by atoms with Gasteiger partial charge in [0.15, 0.2) is 0 Å². The lowest BCUT2D eigenvalue weighted by Crippen LogP contribution is -2.18. The van der Waals surface area contributed by atoms with Gasteiger partial charge in [-0.1, -0.05) is 32.9 Å². The van der Waals surface area contributed by atoms with Crippen molar-refractivity contribution in [1.29, 1.82) is 10.5 Å². The van der Waals surface area contributed by atoms with Crippen LogP contribution in [0.5, 0.6) is 0 Å². The molecule has 0 atom stereocenters. The first kappa shape index (κ1) is 19.8. The Morgan fingerprint density at radius 1 is 1.04 bits per heavy atom. The molecule has 0 saturated heterocycles. The molecule has 2 rings (SSSR count). The van der Waals surface area contributed by atoms with Crippen LogP contribution in [0.4, 0.5) is 13.2 Å². The second kappa shape index (κ2) is 7.39. The minimum atomic E-state index is -4.63.